The van der Waals surface area contributed by atoms with Crippen LogP contribution in [0.4, 0.5) is 0 Å². The van der Waals surface area contributed by atoms with Crippen molar-refractivity contribution in [3.05, 3.63) is 47.8 Å². The number of rotatable bonds is 3. The van der Waals surface area contributed by atoms with Gasteiger partial charge in [0.05, 0.1) is 5.69 Å². The lowest BCUT2D eigenvalue weighted by Crippen LogP contribution is -2.60. The smallest absolute Gasteiger partial charge is 0.222 e. The number of hydrogen-bond donors (Lipinski definition) is 0. The number of likely N-dealkylation sites (N-methyl/N-ethyl adjacent to an activating group) is 1. The van der Waals surface area contributed by atoms with Crippen LogP contribution in [0.25, 0.3) is 5.69 Å². The van der Waals surface area contributed by atoms with Crippen molar-refractivity contribution in [1.29, 1.82) is 0 Å². The van der Waals surface area contributed by atoms with E-state index in [4.69, 9.17) is 0 Å². The second-order valence-corrected chi connectivity index (χ2v) is 8.48. The van der Waals surface area contributed by atoms with Crippen LogP contribution in [0.1, 0.15) is 30.4 Å². The number of aryl methyl sites for hydroxylation is 1. The first-order chi connectivity index (χ1) is 13.5. The fourth-order valence-corrected chi connectivity index (χ4v) is 4.64. The van der Waals surface area contributed by atoms with Crippen molar-refractivity contribution < 1.29 is 4.79 Å². The largest absolute Gasteiger partial charge is 0.346 e. The Balaban J connectivity index is 1.49. The van der Waals surface area contributed by atoms with Crippen LogP contribution in [0.5, 0.6) is 0 Å². The second kappa shape index (κ2) is 7.68. The molecule has 2 saturated heterocycles. The van der Waals surface area contributed by atoms with Crippen LogP contribution in [0.15, 0.2) is 36.7 Å². The Hall–Kier alpha value is -2.18. The fourth-order valence-electron chi connectivity index (χ4n) is 4.64. The highest BCUT2D eigenvalue weighted by Crippen LogP contribution is 2.32. The van der Waals surface area contributed by atoms with Crippen LogP contribution >= 0.6 is 0 Å². The normalized spacial score (nSPS) is 24.7. The SMILES string of the molecule is Cc1cc(-n2cccn2)ccc1CN1CCN(C)[C@]2(CCC(=O)N(C)CC2)C1. The average molecular weight is 382 g/mol. The topological polar surface area (TPSA) is 44.6 Å². The van der Waals surface area contributed by atoms with Crippen molar-refractivity contribution in [2.75, 3.05) is 40.3 Å². The molecule has 6 nitrogen and oxygen atoms in total. The van der Waals surface area contributed by atoms with E-state index in [1.54, 1.807) is 0 Å². The number of carbonyl (C=O) groups is 1. The molecular formula is C22H31N5O. The third-order valence-electron chi connectivity index (χ3n) is 6.71. The summed E-state index contributed by atoms with van der Waals surface area (Å²) in [4.78, 5) is 19.2. The summed E-state index contributed by atoms with van der Waals surface area (Å²) in [5, 5.41) is 4.33. The van der Waals surface area contributed by atoms with Gasteiger partial charge in [-0.05, 0) is 56.1 Å². The van der Waals surface area contributed by atoms with Crippen molar-refractivity contribution in [3.63, 3.8) is 0 Å². The number of hydrogen-bond acceptors (Lipinski definition) is 4. The zero-order valence-electron chi connectivity index (χ0n) is 17.3. The first-order valence-electron chi connectivity index (χ1n) is 10.2. The Morgan fingerprint density at radius 3 is 2.75 bits per heavy atom. The molecule has 1 amide bonds. The van der Waals surface area contributed by atoms with E-state index >= 15 is 0 Å². The van der Waals surface area contributed by atoms with E-state index in [1.807, 2.05) is 35.1 Å². The van der Waals surface area contributed by atoms with E-state index in [-0.39, 0.29) is 11.4 Å². The van der Waals surface area contributed by atoms with Gasteiger partial charge in [0.15, 0.2) is 0 Å². The Morgan fingerprint density at radius 2 is 2.00 bits per heavy atom. The standard InChI is InChI=1S/C22H31N5O/c1-18-15-20(27-11-4-10-23-27)6-5-19(18)16-26-14-13-25(3)22(17-26)8-7-21(28)24(2)12-9-22/h4-6,10-11,15H,7-9,12-14,16-17H2,1-3H3/t22-/m0/s1. The molecule has 1 aromatic heterocycles. The van der Waals surface area contributed by atoms with Crippen molar-refractivity contribution in [2.24, 2.45) is 0 Å². The molecule has 2 aliphatic rings. The minimum absolute atomic E-state index is 0.113. The molecule has 0 N–H and O–H groups in total. The number of likely N-dealkylation sites (tertiary alicyclic amines) is 1. The summed E-state index contributed by atoms with van der Waals surface area (Å²) in [6, 6.07) is 8.55. The third kappa shape index (κ3) is 3.71. The molecule has 2 fully saturated rings. The molecule has 150 valence electrons. The van der Waals surface area contributed by atoms with Gasteiger partial charge in [-0.15, -0.1) is 0 Å². The maximum Gasteiger partial charge on any atom is 0.222 e. The summed E-state index contributed by atoms with van der Waals surface area (Å²) >= 11 is 0. The second-order valence-electron chi connectivity index (χ2n) is 8.48. The number of aromatic nitrogens is 2. The molecule has 0 radical (unpaired) electrons. The zero-order chi connectivity index (χ0) is 19.7. The molecule has 0 unspecified atom stereocenters. The Labute approximate surface area is 167 Å². The van der Waals surface area contributed by atoms with Gasteiger partial charge in [0.2, 0.25) is 5.91 Å². The Bertz CT molecular complexity index is 833. The summed E-state index contributed by atoms with van der Waals surface area (Å²) < 4.78 is 1.90. The van der Waals surface area contributed by atoms with E-state index in [0.29, 0.717) is 6.42 Å². The van der Waals surface area contributed by atoms with Gasteiger partial charge in [-0.2, -0.15) is 5.10 Å². The minimum atomic E-state index is 0.113. The number of piperazine rings is 1. The summed E-state index contributed by atoms with van der Waals surface area (Å²) in [5.41, 5.74) is 3.89. The highest BCUT2D eigenvalue weighted by atomic mass is 16.2. The van der Waals surface area contributed by atoms with Crippen LogP contribution in [0.3, 0.4) is 0 Å². The molecule has 4 rings (SSSR count). The molecule has 1 aromatic carbocycles. The monoisotopic (exact) mass is 381 g/mol. The molecule has 1 atom stereocenters. The molecule has 6 heteroatoms. The molecule has 0 aliphatic carbocycles. The minimum Gasteiger partial charge on any atom is -0.346 e. The van der Waals surface area contributed by atoms with Gasteiger partial charge in [-0.1, -0.05) is 6.07 Å². The lowest BCUT2D eigenvalue weighted by molar-refractivity contribution is -0.129. The Morgan fingerprint density at radius 1 is 1.14 bits per heavy atom. The maximum atomic E-state index is 12.2. The van der Waals surface area contributed by atoms with E-state index in [9.17, 15) is 4.79 Å². The van der Waals surface area contributed by atoms with Crippen LogP contribution in [0, 0.1) is 6.92 Å². The summed E-state index contributed by atoms with van der Waals surface area (Å²) in [6.07, 6.45) is 6.46. The fraction of sp³-hybridized carbons (Fsp3) is 0.545. The highest BCUT2D eigenvalue weighted by molar-refractivity contribution is 5.76. The van der Waals surface area contributed by atoms with E-state index < -0.39 is 0 Å². The van der Waals surface area contributed by atoms with Crippen molar-refractivity contribution in [2.45, 2.75) is 38.3 Å². The van der Waals surface area contributed by atoms with Crippen molar-refractivity contribution in [1.82, 2.24) is 24.5 Å². The highest BCUT2D eigenvalue weighted by Gasteiger charge is 2.41. The summed E-state index contributed by atoms with van der Waals surface area (Å²) in [6.45, 7) is 7.17. The molecule has 2 aromatic rings. The van der Waals surface area contributed by atoms with E-state index in [0.717, 1.165) is 51.3 Å². The van der Waals surface area contributed by atoms with Crippen molar-refractivity contribution >= 4 is 5.91 Å². The van der Waals surface area contributed by atoms with Crippen LogP contribution in [-0.4, -0.2) is 76.2 Å². The predicted octanol–water partition coefficient (Wildman–Crippen LogP) is 2.31. The summed E-state index contributed by atoms with van der Waals surface area (Å²) in [7, 11) is 4.17. The number of nitrogens with zero attached hydrogens (tertiary/aromatic N) is 5. The van der Waals surface area contributed by atoms with Gasteiger partial charge >= 0.3 is 0 Å². The lowest BCUT2D eigenvalue weighted by Gasteiger charge is -2.49. The van der Waals surface area contributed by atoms with Crippen LogP contribution in [0.2, 0.25) is 0 Å². The van der Waals surface area contributed by atoms with Crippen LogP contribution < -0.4 is 0 Å². The molecule has 0 bridgehead atoms. The van der Waals surface area contributed by atoms with Gasteiger partial charge < -0.3 is 4.90 Å². The third-order valence-corrected chi connectivity index (χ3v) is 6.71. The van der Waals surface area contributed by atoms with E-state index in [2.05, 4.69) is 47.1 Å². The number of carbonyl (C=O) groups excluding carboxylic acids is 1. The molecule has 2 aliphatic heterocycles. The number of amides is 1. The zero-order valence-corrected chi connectivity index (χ0v) is 17.3. The lowest BCUT2D eigenvalue weighted by atomic mass is 9.86. The van der Waals surface area contributed by atoms with Gasteiger partial charge in [-0.3, -0.25) is 14.6 Å². The quantitative estimate of drug-likeness (QED) is 0.818. The Kier molecular flexibility index (Phi) is 5.25. The summed E-state index contributed by atoms with van der Waals surface area (Å²) in [5.74, 6) is 0.285. The van der Waals surface area contributed by atoms with E-state index in [1.165, 1.54) is 11.1 Å². The number of benzene rings is 1. The first kappa shape index (κ1) is 19.2. The van der Waals surface area contributed by atoms with Gasteiger partial charge in [0.1, 0.15) is 0 Å². The maximum absolute atomic E-state index is 12.2. The predicted molar refractivity (Wildman–Crippen MR) is 110 cm³/mol. The van der Waals surface area contributed by atoms with Gasteiger partial charge in [-0.25, -0.2) is 4.68 Å². The first-order valence-corrected chi connectivity index (χ1v) is 10.2. The molecular weight excluding hydrogens is 350 g/mol. The molecule has 3 heterocycles. The van der Waals surface area contributed by atoms with Crippen LogP contribution in [-0.2, 0) is 11.3 Å². The average Bonchev–Trinajstić information content (AvgIpc) is 3.18. The van der Waals surface area contributed by atoms with Gasteiger partial charge in [0, 0.05) is 64.1 Å². The molecule has 0 saturated carbocycles. The molecule has 1 spiro atoms. The van der Waals surface area contributed by atoms with Crippen molar-refractivity contribution in [3.8, 4) is 5.69 Å². The van der Waals surface area contributed by atoms with Gasteiger partial charge in [0.25, 0.3) is 0 Å². The molecule has 28 heavy (non-hydrogen) atoms.